The number of alkyl halides is 1. The Kier molecular flexibility index (Phi) is 5.28. The van der Waals surface area contributed by atoms with Crippen molar-refractivity contribution in [3.63, 3.8) is 0 Å². The molecule has 1 aliphatic heterocycles. The van der Waals surface area contributed by atoms with Crippen LogP contribution < -0.4 is 15.8 Å². The Balaban J connectivity index is 1.05. The molecule has 0 aromatic carbocycles. The van der Waals surface area contributed by atoms with E-state index in [1.54, 1.807) is 12.3 Å². The molecule has 3 aromatic heterocycles. The van der Waals surface area contributed by atoms with E-state index in [1.165, 1.54) is 0 Å². The number of aromatic amines is 1. The number of hydrogen-bond donors (Lipinski definition) is 2. The van der Waals surface area contributed by atoms with E-state index in [9.17, 15) is 14.0 Å². The molecule has 0 radical (unpaired) electrons. The van der Waals surface area contributed by atoms with Crippen LogP contribution in [-0.4, -0.2) is 64.2 Å². The number of halogens is 1. The molecule has 1 amide bonds. The second kappa shape index (κ2) is 8.47. The van der Waals surface area contributed by atoms with Gasteiger partial charge in [-0.15, -0.1) is 0 Å². The van der Waals surface area contributed by atoms with E-state index in [0.717, 1.165) is 73.4 Å². The van der Waals surface area contributed by atoms with E-state index < -0.39 is 6.17 Å². The second-order valence-electron chi connectivity index (χ2n) is 9.60. The molecule has 1 saturated heterocycles. The topological polar surface area (TPSA) is 94.2 Å². The minimum absolute atomic E-state index is 0.0128. The van der Waals surface area contributed by atoms with Crippen molar-refractivity contribution >= 4 is 22.6 Å². The maximum atomic E-state index is 13.0. The Labute approximate surface area is 196 Å². The number of anilines is 1. The van der Waals surface area contributed by atoms with E-state index in [0.29, 0.717) is 18.0 Å². The summed E-state index contributed by atoms with van der Waals surface area (Å²) >= 11 is 0. The van der Waals surface area contributed by atoms with Crippen LogP contribution in [-0.2, 0) is 6.54 Å². The van der Waals surface area contributed by atoms with Crippen molar-refractivity contribution in [3.8, 4) is 0 Å². The molecular weight excluding hydrogens is 435 g/mol. The highest BCUT2D eigenvalue weighted by atomic mass is 19.1. The number of hydrogen-bond acceptors (Lipinski definition) is 6. The number of fused-ring (bicyclic) bond motifs is 1. The normalized spacial score (nSPS) is 22.7. The molecule has 0 bridgehead atoms. The zero-order valence-corrected chi connectivity index (χ0v) is 18.8. The lowest BCUT2D eigenvalue weighted by molar-refractivity contribution is 0.0942. The fourth-order valence-electron chi connectivity index (χ4n) is 4.61. The number of carbonyl (C=O) groups is 1. The number of carbonyl (C=O) groups excluding carboxylic acids is 1. The van der Waals surface area contributed by atoms with Gasteiger partial charge in [0, 0.05) is 50.9 Å². The van der Waals surface area contributed by atoms with Gasteiger partial charge in [-0.1, -0.05) is 0 Å². The Morgan fingerprint density at radius 3 is 2.59 bits per heavy atom. The standard InChI is InChI=1S/C25H27FN6O2/c26-19-11-21(19)29-25(34)20-4-3-17(13-28-20)32-7-5-31(6-8-32)14-15-9-23-22(27-12-15)10-18(16-1-2-16)24(33)30-23/h3-4,9-10,12-13,16,19,21H,1-2,5-8,11,14H2,(H,29,34)(H,30,33). The van der Waals surface area contributed by atoms with Crippen LogP contribution in [0.3, 0.4) is 0 Å². The molecule has 2 unspecified atom stereocenters. The average molecular weight is 463 g/mol. The van der Waals surface area contributed by atoms with Crippen LogP contribution in [0.1, 0.15) is 46.8 Å². The van der Waals surface area contributed by atoms with Crippen LogP contribution in [0.2, 0.25) is 0 Å². The van der Waals surface area contributed by atoms with Crippen molar-refractivity contribution in [1.82, 2.24) is 25.2 Å². The summed E-state index contributed by atoms with van der Waals surface area (Å²) in [6, 6.07) is 7.22. The molecule has 176 valence electrons. The fraction of sp³-hybridized carbons (Fsp3) is 0.440. The van der Waals surface area contributed by atoms with Crippen LogP contribution >= 0.6 is 0 Å². The largest absolute Gasteiger partial charge is 0.368 e. The Hall–Kier alpha value is -3.33. The van der Waals surface area contributed by atoms with Gasteiger partial charge < -0.3 is 15.2 Å². The first-order chi connectivity index (χ1) is 16.5. The maximum Gasteiger partial charge on any atom is 0.270 e. The fourth-order valence-corrected chi connectivity index (χ4v) is 4.61. The first-order valence-electron chi connectivity index (χ1n) is 11.9. The summed E-state index contributed by atoms with van der Waals surface area (Å²) in [6.45, 7) is 4.24. The SMILES string of the molecule is O=C(NC1CC1F)c1ccc(N2CCN(Cc3cnc4cc(C5CC5)c(=O)[nH]c4c3)CC2)cn1. The van der Waals surface area contributed by atoms with E-state index in [1.807, 2.05) is 24.4 Å². The molecule has 3 fully saturated rings. The van der Waals surface area contributed by atoms with Gasteiger partial charge in [0.05, 0.1) is 29.0 Å². The highest BCUT2D eigenvalue weighted by Crippen LogP contribution is 2.38. The number of nitrogens with one attached hydrogen (secondary N) is 2. The molecule has 3 aliphatic rings. The van der Waals surface area contributed by atoms with Crippen molar-refractivity contribution in [2.75, 3.05) is 31.1 Å². The minimum atomic E-state index is -0.924. The van der Waals surface area contributed by atoms with Crippen molar-refractivity contribution in [2.45, 2.75) is 43.9 Å². The molecule has 9 heteroatoms. The quantitative estimate of drug-likeness (QED) is 0.584. The van der Waals surface area contributed by atoms with Crippen LogP contribution in [0.5, 0.6) is 0 Å². The summed E-state index contributed by atoms with van der Waals surface area (Å²) in [6.07, 6.45) is 5.27. The molecule has 4 heterocycles. The Morgan fingerprint density at radius 1 is 1.12 bits per heavy atom. The first-order valence-corrected chi connectivity index (χ1v) is 11.9. The van der Waals surface area contributed by atoms with Gasteiger partial charge in [0.15, 0.2) is 0 Å². The van der Waals surface area contributed by atoms with Crippen LogP contribution in [0, 0.1) is 0 Å². The zero-order valence-electron chi connectivity index (χ0n) is 18.8. The van der Waals surface area contributed by atoms with Crippen LogP contribution in [0.15, 0.2) is 41.5 Å². The number of pyridine rings is 3. The molecule has 34 heavy (non-hydrogen) atoms. The predicted molar refractivity (Wildman–Crippen MR) is 127 cm³/mol. The number of piperazine rings is 1. The second-order valence-corrected chi connectivity index (χ2v) is 9.60. The third-order valence-corrected chi connectivity index (χ3v) is 6.95. The molecule has 6 rings (SSSR count). The third kappa shape index (κ3) is 4.40. The molecule has 3 aromatic rings. The lowest BCUT2D eigenvalue weighted by atomic mass is 10.1. The molecule has 2 aliphatic carbocycles. The summed E-state index contributed by atoms with van der Waals surface area (Å²) in [4.78, 5) is 41.0. The number of aromatic nitrogens is 3. The summed E-state index contributed by atoms with van der Waals surface area (Å²) < 4.78 is 13.0. The van der Waals surface area contributed by atoms with Gasteiger partial charge in [0.25, 0.3) is 11.5 Å². The Morgan fingerprint density at radius 2 is 1.91 bits per heavy atom. The van der Waals surface area contributed by atoms with Gasteiger partial charge in [-0.3, -0.25) is 19.5 Å². The monoisotopic (exact) mass is 462 g/mol. The van der Waals surface area contributed by atoms with Crippen molar-refractivity contribution < 1.29 is 9.18 Å². The lowest BCUT2D eigenvalue weighted by Gasteiger charge is -2.36. The number of rotatable bonds is 6. The highest BCUT2D eigenvalue weighted by Gasteiger charge is 2.39. The third-order valence-electron chi connectivity index (χ3n) is 6.95. The van der Waals surface area contributed by atoms with Gasteiger partial charge in [-0.25, -0.2) is 9.37 Å². The first kappa shape index (κ1) is 21.2. The van der Waals surface area contributed by atoms with Crippen molar-refractivity contribution in [3.05, 3.63) is 63.8 Å². The lowest BCUT2D eigenvalue weighted by Crippen LogP contribution is -2.46. The molecule has 2 saturated carbocycles. The van der Waals surface area contributed by atoms with Crippen LogP contribution in [0.25, 0.3) is 11.0 Å². The smallest absolute Gasteiger partial charge is 0.270 e. The van der Waals surface area contributed by atoms with E-state index >= 15 is 0 Å². The van der Waals surface area contributed by atoms with Crippen molar-refractivity contribution in [1.29, 1.82) is 0 Å². The van der Waals surface area contributed by atoms with Crippen LogP contribution in [0.4, 0.5) is 10.1 Å². The number of nitrogens with zero attached hydrogens (tertiary/aromatic N) is 4. The molecular formula is C25H27FN6O2. The number of amides is 1. The van der Waals surface area contributed by atoms with Gasteiger partial charge in [0.2, 0.25) is 0 Å². The summed E-state index contributed by atoms with van der Waals surface area (Å²) in [5, 5.41) is 2.65. The summed E-state index contributed by atoms with van der Waals surface area (Å²) in [5.41, 5.74) is 4.89. The summed E-state index contributed by atoms with van der Waals surface area (Å²) in [5.74, 6) is 0.0805. The van der Waals surface area contributed by atoms with E-state index in [-0.39, 0.29) is 17.5 Å². The molecule has 0 spiro atoms. The van der Waals surface area contributed by atoms with E-state index in [2.05, 4.69) is 30.1 Å². The number of H-pyrrole nitrogens is 1. The highest BCUT2D eigenvalue weighted by molar-refractivity contribution is 5.93. The van der Waals surface area contributed by atoms with Gasteiger partial charge >= 0.3 is 0 Å². The van der Waals surface area contributed by atoms with E-state index in [4.69, 9.17) is 0 Å². The maximum absolute atomic E-state index is 13.0. The van der Waals surface area contributed by atoms with Gasteiger partial charge in [-0.2, -0.15) is 0 Å². The average Bonchev–Trinajstić information content (AvgIpc) is 3.78. The van der Waals surface area contributed by atoms with Gasteiger partial charge in [0.1, 0.15) is 11.9 Å². The minimum Gasteiger partial charge on any atom is -0.368 e. The zero-order chi connectivity index (χ0) is 23.2. The predicted octanol–water partition coefficient (Wildman–Crippen LogP) is 2.36. The Bertz CT molecular complexity index is 1280. The molecule has 2 N–H and O–H groups in total. The molecule has 8 nitrogen and oxygen atoms in total. The summed E-state index contributed by atoms with van der Waals surface area (Å²) in [7, 11) is 0. The van der Waals surface area contributed by atoms with Gasteiger partial charge in [-0.05, 0) is 48.6 Å². The van der Waals surface area contributed by atoms with Crippen molar-refractivity contribution in [2.24, 2.45) is 0 Å². The molecule has 2 atom stereocenters.